The molecule has 0 aliphatic carbocycles. The van der Waals surface area contributed by atoms with Crippen LogP contribution in [0.25, 0.3) is 10.8 Å². The molecule has 1 aromatic heterocycles. The van der Waals surface area contributed by atoms with Crippen molar-refractivity contribution in [1.29, 1.82) is 0 Å². The Balaban J connectivity index is 2.38. The number of rotatable bonds is 5. The number of fused-ring (bicyclic) bond motifs is 1. The first-order valence-electron chi connectivity index (χ1n) is 6.29. The van der Waals surface area contributed by atoms with Gasteiger partial charge in [-0.15, -0.1) is 0 Å². The van der Waals surface area contributed by atoms with E-state index in [1.807, 2.05) is 25.5 Å². The summed E-state index contributed by atoms with van der Waals surface area (Å²) in [6.07, 6.45) is 4.94. The molecule has 96 valence electrons. The van der Waals surface area contributed by atoms with Crippen LogP contribution in [0.2, 0.25) is 0 Å². The van der Waals surface area contributed by atoms with Crippen molar-refractivity contribution in [2.24, 2.45) is 0 Å². The molecule has 18 heavy (non-hydrogen) atoms. The summed E-state index contributed by atoms with van der Waals surface area (Å²) >= 11 is 0. The van der Waals surface area contributed by atoms with Gasteiger partial charge >= 0.3 is 0 Å². The first-order chi connectivity index (χ1) is 8.76. The topological polar surface area (TPSA) is 34.1 Å². The van der Waals surface area contributed by atoms with Crippen molar-refractivity contribution in [3.05, 3.63) is 42.2 Å². The van der Waals surface area contributed by atoms with Crippen molar-refractivity contribution < 1.29 is 4.74 Å². The van der Waals surface area contributed by atoms with Crippen molar-refractivity contribution in [2.75, 3.05) is 14.2 Å². The largest absolute Gasteiger partial charge is 0.382 e. The molecule has 0 spiro atoms. The molecule has 3 nitrogen and oxygen atoms in total. The third-order valence-electron chi connectivity index (χ3n) is 3.41. The number of hydrogen-bond acceptors (Lipinski definition) is 3. The fourth-order valence-corrected chi connectivity index (χ4v) is 2.27. The maximum Gasteiger partial charge on any atom is 0.0561 e. The van der Waals surface area contributed by atoms with Crippen LogP contribution < -0.4 is 5.32 Å². The van der Waals surface area contributed by atoms with Gasteiger partial charge in [-0.1, -0.05) is 18.2 Å². The van der Waals surface area contributed by atoms with Crippen LogP contribution >= 0.6 is 0 Å². The van der Waals surface area contributed by atoms with Crippen molar-refractivity contribution in [3.8, 4) is 0 Å². The van der Waals surface area contributed by atoms with Crippen LogP contribution in [-0.4, -0.2) is 25.2 Å². The van der Waals surface area contributed by atoms with Gasteiger partial charge in [0.25, 0.3) is 0 Å². The molecule has 0 saturated heterocycles. The highest BCUT2D eigenvalue weighted by molar-refractivity contribution is 5.85. The molecule has 0 bridgehead atoms. The Labute approximate surface area is 108 Å². The van der Waals surface area contributed by atoms with Crippen LogP contribution in [0.3, 0.4) is 0 Å². The van der Waals surface area contributed by atoms with Crippen LogP contribution in [0.1, 0.15) is 24.9 Å². The zero-order valence-corrected chi connectivity index (χ0v) is 11.2. The standard InChI is InChI=1S/C15H20N2O/c1-11(18-3)9-15(16-2)13-6-4-5-12-7-8-17-10-14(12)13/h4-8,10-11,15-16H,9H2,1-3H3. The summed E-state index contributed by atoms with van der Waals surface area (Å²) in [6, 6.07) is 8.71. The molecule has 0 fully saturated rings. The van der Waals surface area contributed by atoms with Gasteiger partial charge in [0.2, 0.25) is 0 Å². The van der Waals surface area contributed by atoms with Gasteiger partial charge in [-0.3, -0.25) is 4.98 Å². The summed E-state index contributed by atoms with van der Waals surface area (Å²) < 4.78 is 5.36. The van der Waals surface area contributed by atoms with Crippen LogP contribution in [0, 0.1) is 0 Å². The highest BCUT2D eigenvalue weighted by atomic mass is 16.5. The van der Waals surface area contributed by atoms with Crippen LogP contribution in [0.4, 0.5) is 0 Å². The van der Waals surface area contributed by atoms with Crippen LogP contribution in [-0.2, 0) is 4.74 Å². The minimum absolute atomic E-state index is 0.231. The van der Waals surface area contributed by atoms with Crippen molar-refractivity contribution >= 4 is 10.8 Å². The highest BCUT2D eigenvalue weighted by Crippen LogP contribution is 2.26. The van der Waals surface area contributed by atoms with Gasteiger partial charge in [-0.05, 0) is 37.4 Å². The van der Waals surface area contributed by atoms with Crippen molar-refractivity contribution in [3.63, 3.8) is 0 Å². The third-order valence-corrected chi connectivity index (χ3v) is 3.41. The van der Waals surface area contributed by atoms with Gasteiger partial charge in [0.15, 0.2) is 0 Å². The van der Waals surface area contributed by atoms with Gasteiger partial charge in [0.05, 0.1) is 6.10 Å². The summed E-state index contributed by atoms with van der Waals surface area (Å²) in [7, 11) is 3.74. The predicted octanol–water partition coefficient (Wildman–Crippen LogP) is 2.92. The summed E-state index contributed by atoms with van der Waals surface area (Å²) in [5, 5.41) is 5.81. The Morgan fingerprint density at radius 1 is 1.33 bits per heavy atom. The number of methoxy groups -OCH3 is 1. The maximum absolute atomic E-state index is 5.36. The second-order valence-corrected chi connectivity index (χ2v) is 4.57. The molecular weight excluding hydrogens is 224 g/mol. The molecule has 1 aromatic carbocycles. The lowest BCUT2D eigenvalue weighted by atomic mass is 9.96. The smallest absolute Gasteiger partial charge is 0.0561 e. The molecule has 0 saturated carbocycles. The number of ether oxygens (including phenoxy) is 1. The molecule has 1 heterocycles. The first-order valence-corrected chi connectivity index (χ1v) is 6.29. The normalized spacial score (nSPS) is 14.6. The van der Waals surface area contributed by atoms with E-state index >= 15 is 0 Å². The van der Waals surface area contributed by atoms with E-state index in [9.17, 15) is 0 Å². The Kier molecular flexibility index (Phi) is 4.28. The summed E-state index contributed by atoms with van der Waals surface area (Å²) in [4.78, 5) is 4.23. The van der Waals surface area contributed by atoms with Gasteiger partial charge < -0.3 is 10.1 Å². The zero-order valence-electron chi connectivity index (χ0n) is 11.2. The van der Waals surface area contributed by atoms with Crippen LogP contribution in [0.5, 0.6) is 0 Å². The zero-order chi connectivity index (χ0) is 13.0. The number of hydrogen-bond donors (Lipinski definition) is 1. The van der Waals surface area contributed by atoms with E-state index in [4.69, 9.17) is 4.74 Å². The monoisotopic (exact) mass is 244 g/mol. The second-order valence-electron chi connectivity index (χ2n) is 4.57. The molecule has 0 aliphatic rings. The van der Waals surface area contributed by atoms with Crippen LogP contribution in [0.15, 0.2) is 36.7 Å². The van der Waals surface area contributed by atoms with E-state index in [0.29, 0.717) is 0 Å². The van der Waals surface area contributed by atoms with E-state index in [1.54, 1.807) is 7.11 Å². The molecule has 2 unspecified atom stereocenters. The molecule has 0 amide bonds. The second kappa shape index (κ2) is 5.94. The quantitative estimate of drug-likeness (QED) is 0.878. The summed E-state index contributed by atoms with van der Waals surface area (Å²) in [5.74, 6) is 0. The number of pyridine rings is 1. The average molecular weight is 244 g/mol. The van der Waals surface area contributed by atoms with E-state index in [1.165, 1.54) is 16.3 Å². The predicted molar refractivity (Wildman–Crippen MR) is 74.6 cm³/mol. The maximum atomic E-state index is 5.36. The Bertz CT molecular complexity index is 507. The van der Waals surface area contributed by atoms with E-state index in [-0.39, 0.29) is 12.1 Å². The minimum Gasteiger partial charge on any atom is -0.382 e. The number of nitrogens with one attached hydrogen (secondary N) is 1. The molecule has 0 aliphatic heterocycles. The molecule has 2 atom stereocenters. The molecule has 0 radical (unpaired) electrons. The molecule has 2 aromatic rings. The molecular formula is C15H20N2O. The highest BCUT2D eigenvalue weighted by Gasteiger charge is 2.15. The molecule has 2 rings (SSSR count). The van der Waals surface area contributed by atoms with Gasteiger partial charge in [0, 0.05) is 30.9 Å². The Hall–Kier alpha value is -1.45. The fourth-order valence-electron chi connectivity index (χ4n) is 2.27. The lowest BCUT2D eigenvalue weighted by Crippen LogP contribution is -2.22. The van der Waals surface area contributed by atoms with E-state index in [2.05, 4.69) is 35.4 Å². The minimum atomic E-state index is 0.231. The summed E-state index contributed by atoms with van der Waals surface area (Å²) in [5.41, 5.74) is 1.28. The van der Waals surface area contributed by atoms with Gasteiger partial charge in [0.1, 0.15) is 0 Å². The van der Waals surface area contributed by atoms with E-state index in [0.717, 1.165) is 6.42 Å². The SMILES string of the molecule is CNC(CC(C)OC)c1cccc2ccncc12. The number of nitrogens with zero attached hydrogens (tertiary/aromatic N) is 1. The van der Waals surface area contributed by atoms with E-state index < -0.39 is 0 Å². The first kappa shape index (κ1) is 13.0. The van der Waals surface area contributed by atoms with Gasteiger partial charge in [-0.2, -0.15) is 0 Å². The Morgan fingerprint density at radius 3 is 2.89 bits per heavy atom. The summed E-state index contributed by atoms with van der Waals surface area (Å²) in [6.45, 7) is 2.09. The van der Waals surface area contributed by atoms with Crippen molar-refractivity contribution in [2.45, 2.75) is 25.5 Å². The van der Waals surface area contributed by atoms with Gasteiger partial charge in [-0.25, -0.2) is 0 Å². The fraction of sp³-hybridized carbons (Fsp3) is 0.400. The molecule has 1 N–H and O–H groups in total. The third kappa shape index (κ3) is 2.68. The lowest BCUT2D eigenvalue weighted by molar-refractivity contribution is 0.101. The molecule has 3 heteroatoms. The number of aromatic nitrogens is 1. The average Bonchev–Trinajstić information content (AvgIpc) is 2.44. The lowest BCUT2D eigenvalue weighted by Gasteiger charge is -2.21. The van der Waals surface area contributed by atoms with Crippen molar-refractivity contribution in [1.82, 2.24) is 10.3 Å². The Morgan fingerprint density at radius 2 is 2.17 bits per heavy atom. The number of benzene rings is 1.